The fourth-order valence-electron chi connectivity index (χ4n) is 3.33. The maximum Gasteiger partial charge on any atom is 0.318 e. The third-order valence-corrected chi connectivity index (χ3v) is 5.04. The number of hydroxylamine groups is 1. The third kappa shape index (κ3) is 4.84. The number of halogens is 1. The average molecular weight is 417 g/mol. The Balaban J connectivity index is 1.58. The molecule has 1 fully saturated rings. The molecule has 0 radical (unpaired) electrons. The minimum absolute atomic E-state index is 0.379. The van der Waals surface area contributed by atoms with Crippen molar-refractivity contribution in [3.8, 4) is 11.1 Å². The molecule has 1 aromatic carbocycles. The highest BCUT2D eigenvalue weighted by molar-refractivity contribution is 5.87. The second-order valence-electron chi connectivity index (χ2n) is 7.02. The van der Waals surface area contributed by atoms with Gasteiger partial charge in [-0.3, -0.25) is 15.0 Å². The summed E-state index contributed by atoms with van der Waals surface area (Å²) in [5.74, 6) is -1.27. The summed E-state index contributed by atoms with van der Waals surface area (Å²) in [4.78, 5) is 31.4. The van der Waals surface area contributed by atoms with Crippen LogP contribution in [0.15, 0.2) is 42.7 Å². The number of aliphatic hydroxyl groups is 1. The Bertz CT molecular complexity index is 885. The molecule has 10 heteroatoms. The normalized spacial score (nSPS) is 16.0. The van der Waals surface area contributed by atoms with Gasteiger partial charge in [-0.2, -0.15) is 0 Å². The van der Waals surface area contributed by atoms with Crippen LogP contribution >= 0.6 is 0 Å². The van der Waals surface area contributed by atoms with Crippen LogP contribution in [0.5, 0.6) is 0 Å². The predicted octanol–water partition coefficient (Wildman–Crippen LogP) is 0.974. The van der Waals surface area contributed by atoms with Gasteiger partial charge in [0.25, 0.3) is 5.91 Å². The van der Waals surface area contributed by atoms with E-state index < -0.39 is 24.1 Å². The number of piperazine rings is 1. The van der Waals surface area contributed by atoms with E-state index in [-0.39, 0.29) is 5.82 Å². The van der Waals surface area contributed by atoms with E-state index in [1.165, 1.54) is 23.5 Å². The molecule has 0 unspecified atom stereocenters. The molecule has 1 aliphatic rings. The van der Waals surface area contributed by atoms with Gasteiger partial charge in [-0.05, 0) is 30.7 Å². The largest absolute Gasteiger partial charge is 0.391 e. The number of hydrogen-bond acceptors (Lipinski definition) is 6. The number of anilines is 1. The number of benzene rings is 1. The van der Waals surface area contributed by atoms with Gasteiger partial charge in [0.05, 0.1) is 12.3 Å². The van der Waals surface area contributed by atoms with E-state index in [1.807, 2.05) is 24.3 Å². The number of nitrogens with one attached hydrogen (secondary N) is 2. The highest BCUT2D eigenvalue weighted by atomic mass is 19.1. The van der Waals surface area contributed by atoms with Crippen LogP contribution in [0.1, 0.15) is 6.92 Å². The standard InChI is InChI=1S/C20H24FN5O4/c1-13(27)18(19(28)24-30)23-20(29)26-10-8-25(9-11-26)15-4-2-14(3-5-15)16-6-7-22-12-17(16)21/h2-7,12-13,18,27,30H,8-11H2,1H3,(H,23,29)(H,24,28)/t13-,18+/m0/s1. The SMILES string of the molecule is C[C@H](O)[C@@H](NC(=O)N1CCN(c2ccc(-c3ccncc3F)cc2)CC1)C(=O)NO. The van der Waals surface area contributed by atoms with Crippen LogP contribution < -0.4 is 15.7 Å². The van der Waals surface area contributed by atoms with Crippen LogP contribution in [0, 0.1) is 5.82 Å². The van der Waals surface area contributed by atoms with Crippen molar-refractivity contribution in [2.24, 2.45) is 0 Å². The van der Waals surface area contributed by atoms with Gasteiger partial charge in [0.15, 0.2) is 0 Å². The molecule has 3 rings (SSSR count). The maximum atomic E-state index is 13.9. The van der Waals surface area contributed by atoms with Crippen LogP contribution in [0.4, 0.5) is 14.9 Å². The lowest BCUT2D eigenvalue weighted by molar-refractivity contribution is -0.133. The first-order valence-electron chi connectivity index (χ1n) is 9.53. The molecule has 30 heavy (non-hydrogen) atoms. The molecule has 1 aromatic heterocycles. The first-order valence-corrected chi connectivity index (χ1v) is 9.53. The summed E-state index contributed by atoms with van der Waals surface area (Å²) in [6.07, 6.45) is 1.56. The molecule has 2 heterocycles. The van der Waals surface area contributed by atoms with Gasteiger partial charge in [0.1, 0.15) is 11.9 Å². The molecule has 2 aromatic rings. The Hall–Kier alpha value is -3.24. The molecule has 2 atom stereocenters. The van der Waals surface area contributed by atoms with Crippen LogP contribution in [0.2, 0.25) is 0 Å². The first-order chi connectivity index (χ1) is 14.4. The number of carbonyl (C=O) groups is 2. The molecule has 4 N–H and O–H groups in total. The van der Waals surface area contributed by atoms with Crippen molar-refractivity contribution >= 4 is 17.6 Å². The average Bonchev–Trinajstić information content (AvgIpc) is 2.77. The van der Waals surface area contributed by atoms with Crippen molar-refractivity contribution in [2.75, 3.05) is 31.1 Å². The molecular formula is C20H24FN5O4. The minimum atomic E-state index is -1.25. The molecular weight excluding hydrogens is 393 g/mol. The van der Waals surface area contributed by atoms with Gasteiger partial charge in [0.2, 0.25) is 0 Å². The highest BCUT2D eigenvalue weighted by Gasteiger charge is 2.29. The fourth-order valence-corrected chi connectivity index (χ4v) is 3.33. The zero-order valence-corrected chi connectivity index (χ0v) is 16.5. The van der Waals surface area contributed by atoms with Gasteiger partial charge in [-0.15, -0.1) is 0 Å². The van der Waals surface area contributed by atoms with Crippen molar-refractivity contribution in [2.45, 2.75) is 19.1 Å². The summed E-state index contributed by atoms with van der Waals surface area (Å²) in [7, 11) is 0. The predicted molar refractivity (Wildman–Crippen MR) is 107 cm³/mol. The number of nitrogens with zero attached hydrogens (tertiary/aromatic N) is 3. The van der Waals surface area contributed by atoms with Crippen molar-refractivity contribution in [1.82, 2.24) is 20.7 Å². The second-order valence-corrected chi connectivity index (χ2v) is 7.02. The zero-order chi connectivity index (χ0) is 21.7. The fraction of sp³-hybridized carbons (Fsp3) is 0.350. The van der Waals surface area contributed by atoms with E-state index in [0.29, 0.717) is 31.7 Å². The number of carbonyl (C=O) groups excluding carboxylic acids is 2. The highest BCUT2D eigenvalue weighted by Crippen LogP contribution is 2.25. The summed E-state index contributed by atoms with van der Waals surface area (Å²) in [6.45, 7) is 3.32. The minimum Gasteiger partial charge on any atom is -0.391 e. The summed E-state index contributed by atoms with van der Waals surface area (Å²) >= 11 is 0. The summed E-state index contributed by atoms with van der Waals surface area (Å²) in [5.41, 5.74) is 3.63. The Morgan fingerprint density at radius 2 is 1.80 bits per heavy atom. The number of aromatic nitrogens is 1. The van der Waals surface area contributed by atoms with Crippen LogP contribution in [0.3, 0.4) is 0 Å². The monoisotopic (exact) mass is 417 g/mol. The molecule has 3 amide bonds. The van der Waals surface area contributed by atoms with E-state index in [9.17, 15) is 19.1 Å². The van der Waals surface area contributed by atoms with Gasteiger partial charge in [-0.1, -0.05) is 12.1 Å². The maximum absolute atomic E-state index is 13.9. The zero-order valence-electron chi connectivity index (χ0n) is 16.5. The van der Waals surface area contributed by atoms with Crippen LogP contribution in [-0.2, 0) is 4.79 Å². The van der Waals surface area contributed by atoms with Crippen LogP contribution in [0.25, 0.3) is 11.1 Å². The van der Waals surface area contributed by atoms with Gasteiger partial charge in [0, 0.05) is 43.6 Å². The lowest BCUT2D eigenvalue weighted by Crippen LogP contribution is -2.58. The smallest absolute Gasteiger partial charge is 0.318 e. The number of aliphatic hydroxyl groups excluding tert-OH is 1. The molecule has 0 bridgehead atoms. The quantitative estimate of drug-likeness (QED) is 0.425. The number of rotatable bonds is 5. The molecule has 9 nitrogen and oxygen atoms in total. The molecule has 1 saturated heterocycles. The van der Waals surface area contributed by atoms with Crippen molar-refractivity contribution < 1.29 is 24.3 Å². The van der Waals surface area contributed by atoms with Crippen molar-refractivity contribution in [3.05, 3.63) is 48.5 Å². The van der Waals surface area contributed by atoms with Gasteiger partial charge in [-0.25, -0.2) is 14.7 Å². The van der Waals surface area contributed by atoms with Gasteiger partial charge >= 0.3 is 6.03 Å². The molecule has 1 aliphatic heterocycles. The lowest BCUT2D eigenvalue weighted by atomic mass is 10.1. The number of hydrogen-bond donors (Lipinski definition) is 4. The Morgan fingerprint density at radius 1 is 1.13 bits per heavy atom. The number of urea groups is 1. The van der Waals surface area contributed by atoms with E-state index in [2.05, 4.69) is 15.2 Å². The third-order valence-electron chi connectivity index (χ3n) is 5.04. The van der Waals surface area contributed by atoms with Crippen LogP contribution in [-0.4, -0.2) is 70.5 Å². The van der Waals surface area contributed by atoms with Gasteiger partial charge < -0.3 is 20.2 Å². The summed E-state index contributed by atoms with van der Waals surface area (Å²) in [6, 6.07) is 7.37. The van der Waals surface area contributed by atoms with Crippen molar-refractivity contribution in [1.29, 1.82) is 0 Å². The molecule has 0 aliphatic carbocycles. The summed E-state index contributed by atoms with van der Waals surface area (Å²) in [5, 5.41) is 20.8. The van der Waals surface area contributed by atoms with E-state index >= 15 is 0 Å². The number of amides is 3. The van der Waals surface area contributed by atoms with Crippen molar-refractivity contribution in [3.63, 3.8) is 0 Å². The molecule has 160 valence electrons. The Morgan fingerprint density at radius 3 is 2.37 bits per heavy atom. The topological polar surface area (TPSA) is 118 Å². The summed E-state index contributed by atoms with van der Waals surface area (Å²) < 4.78 is 13.9. The Kier molecular flexibility index (Phi) is 6.80. The second kappa shape index (κ2) is 9.51. The molecule has 0 saturated carbocycles. The lowest BCUT2D eigenvalue weighted by Gasteiger charge is -2.36. The molecule has 0 spiro atoms. The first kappa shape index (κ1) is 21.5. The number of pyridine rings is 1. The van der Waals surface area contributed by atoms with E-state index in [1.54, 1.807) is 12.3 Å². The van der Waals surface area contributed by atoms with E-state index in [4.69, 9.17) is 5.21 Å². The Labute approximate surface area is 173 Å². The van der Waals surface area contributed by atoms with E-state index in [0.717, 1.165) is 11.3 Å².